The van der Waals surface area contributed by atoms with E-state index in [1.807, 2.05) is 58.7 Å². The van der Waals surface area contributed by atoms with Gasteiger partial charge in [0.2, 0.25) is 0 Å². The van der Waals surface area contributed by atoms with Crippen molar-refractivity contribution in [2.75, 3.05) is 6.54 Å². The predicted molar refractivity (Wildman–Crippen MR) is 95.3 cm³/mol. The molecule has 120 valence electrons. The first kappa shape index (κ1) is 14.7. The Morgan fingerprint density at radius 1 is 1.25 bits per heavy atom. The quantitative estimate of drug-likeness (QED) is 0.586. The van der Waals surface area contributed by atoms with Gasteiger partial charge in [-0.15, -0.1) is 11.3 Å². The average Bonchev–Trinajstić information content (AvgIpc) is 3.35. The second-order valence-corrected chi connectivity index (χ2v) is 6.48. The van der Waals surface area contributed by atoms with Crippen molar-refractivity contribution >= 4 is 28.1 Å². The van der Waals surface area contributed by atoms with Crippen LogP contribution in [0.3, 0.4) is 0 Å². The van der Waals surface area contributed by atoms with Crippen molar-refractivity contribution in [2.24, 2.45) is 0 Å². The fraction of sp³-hybridized carbons (Fsp3) is 0.111. The third-order valence-electron chi connectivity index (χ3n) is 3.95. The Morgan fingerprint density at radius 2 is 2.17 bits per heavy atom. The van der Waals surface area contributed by atoms with E-state index in [9.17, 15) is 4.79 Å². The van der Waals surface area contributed by atoms with E-state index in [0.717, 1.165) is 15.8 Å². The van der Waals surface area contributed by atoms with E-state index in [2.05, 4.69) is 21.5 Å². The number of para-hydroxylation sites is 1. The largest absolute Gasteiger partial charge is 0.351 e. The van der Waals surface area contributed by atoms with Crippen LogP contribution in [-0.2, 0) is 0 Å². The number of aromatic amines is 1. The number of thiophene rings is 1. The van der Waals surface area contributed by atoms with Crippen LogP contribution in [0.2, 0.25) is 0 Å². The SMILES string of the molecule is O=C(NCC(c1cccs1)n1cccn1)c1cc2ccccc2[nH]1. The van der Waals surface area contributed by atoms with Crippen LogP contribution in [0.4, 0.5) is 0 Å². The molecule has 0 aliphatic heterocycles. The highest BCUT2D eigenvalue weighted by molar-refractivity contribution is 7.10. The molecule has 3 aromatic heterocycles. The van der Waals surface area contributed by atoms with E-state index in [-0.39, 0.29) is 11.9 Å². The number of benzene rings is 1. The van der Waals surface area contributed by atoms with E-state index in [1.165, 1.54) is 0 Å². The number of rotatable bonds is 5. The highest BCUT2D eigenvalue weighted by Crippen LogP contribution is 2.22. The van der Waals surface area contributed by atoms with Gasteiger partial charge in [0.25, 0.3) is 5.91 Å². The van der Waals surface area contributed by atoms with Crippen LogP contribution >= 0.6 is 11.3 Å². The lowest BCUT2D eigenvalue weighted by atomic mass is 10.2. The number of fused-ring (bicyclic) bond motifs is 1. The fourth-order valence-electron chi connectivity index (χ4n) is 2.75. The third kappa shape index (κ3) is 2.83. The van der Waals surface area contributed by atoms with Gasteiger partial charge in [-0.1, -0.05) is 24.3 Å². The molecule has 1 unspecified atom stereocenters. The molecule has 5 nitrogen and oxygen atoms in total. The second-order valence-electron chi connectivity index (χ2n) is 5.50. The first-order chi connectivity index (χ1) is 11.8. The third-order valence-corrected chi connectivity index (χ3v) is 4.92. The van der Waals surface area contributed by atoms with Crippen LogP contribution in [0.5, 0.6) is 0 Å². The molecule has 1 aromatic carbocycles. The number of hydrogen-bond donors (Lipinski definition) is 2. The maximum atomic E-state index is 12.5. The number of H-pyrrole nitrogens is 1. The van der Waals surface area contributed by atoms with Crippen LogP contribution < -0.4 is 5.32 Å². The minimum absolute atomic E-state index is 0.00618. The molecular formula is C18H16N4OS. The van der Waals surface area contributed by atoms with Crippen LogP contribution in [0, 0.1) is 0 Å². The molecule has 1 amide bonds. The second kappa shape index (κ2) is 6.33. The Bertz CT molecular complexity index is 873. The molecule has 0 aliphatic rings. The number of aromatic nitrogens is 3. The first-order valence-electron chi connectivity index (χ1n) is 7.70. The lowest BCUT2D eigenvalue weighted by Crippen LogP contribution is -2.31. The summed E-state index contributed by atoms with van der Waals surface area (Å²) in [5.74, 6) is -0.111. The van der Waals surface area contributed by atoms with Crippen molar-refractivity contribution in [1.29, 1.82) is 0 Å². The summed E-state index contributed by atoms with van der Waals surface area (Å²) < 4.78 is 1.87. The minimum atomic E-state index is -0.111. The maximum Gasteiger partial charge on any atom is 0.267 e. The number of hydrogen-bond acceptors (Lipinski definition) is 3. The van der Waals surface area contributed by atoms with E-state index >= 15 is 0 Å². The Labute approximate surface area is 142 Å². The minimum Gasteiger partial charge on any atom is -0.351 e. The van der Waals surface area contributed by atoms with Crippen molar-refractivity contribution in [3.63, 3.8) is 0 Å². The van der Waals surface area contributed by atoms with Crippen molar-refractivity contribution in [1.82, 2.24) is 20.1 Å². The maximum absolute atomic E-state index is 12.5. The number of amides is 1. The Morgan fingerprint density at radius 3 is 2.92 bits per heavy atom. The normalized spacial score (nSPS) is 12.3. The van der Waals surface area contributed by atoms with Crippen LogP contribution in [0.25, 0.3) is 10.9 Å². The molecule has 24 heavy (non-hydrogen) atoms. The van der Waals surface area contributed by atoms with Crippen LogP contribution in [-0.4, -0.2) is 27.2 Å². The molecule has 0 saturated heterocycles. The van der Waals surface area contributed by atoms with Gasteiger partial charge in [0, 0.05) is 34.7 Å². The van der Waals surface area contributed by atoms with E-state index in [0.29, 0.717) is 12.2 Å². The topological polar surface area (TPSA) is 62.7 Å². The Hall–Kier alpha value is -2.86. The van der Waals surface area contributed by atoms with E-state index in [1.54, 1.807) is 17.5 Å². The van der Waals surface area contributed by atoms with Gasteiger partial charge < -0.3 is 10.3 Å². The predicted octanol–water partition coefficient (Wildman–Crippen LogP) is 3.45. The molecule has 4 aromatic rings. The zero-order valence-corrected chi connectivity index (χ0v) is 13.7. The molecule has 0 spiro atoms. The van der Waals surface area contributed by atoms with Gasteiger partial charge in [0.05, 0.1) is 0 Å². The average molecular weight is 336 g/mol. The van der Waals surface area contributed by atoms with Gasteiger partial charge in [-0.3, -0.25) is 9.48 Å². The van der Waals surface area contributed by atoms with Crippen LogP contribution in [0.15, 0.2) is 66.3 Å². The smallest absolute Gasteiger partial charge is 0.267 e. The molecule has 0 aliphatic carbocycles. The first-order valence-corrected chi connectivity index (χ1v) is 8.58. The summed E-state index contributed by atoms with van der Waals surface area (Å²) in [6.07, 6.45) is 3.67. The molecule has 0 bridgehead atoms. The highest BCUT2D eigenvalue weighted by Gasteiger charge is 2.17. The fourth-order valence-corrected chi connectivity index (χ4v) is 3.57. The lowest BCUT2D eigenvalue weighted by Gasteiger charge is -2.16. The van der Waals surface area contributed by atoms with E-state index < -0.39 is 0 Å². The summed E-state index contributed by atoms with van der Waals surface area (Å²) in [5, 5.41) is 10.4. The molecule has 0 saturated carbocycles. The molecule has 0 fully saturated rings. The number of carbonyl (C=O) groups excluding carboxylic acids is 1. The van der Waals surface area contributed by atoms with Gasteiger partial charge in [0.15, 0.2) is 0 Å². The summed E-state index contributed by atoms with van der Waals surface area (Å²) in [6, 6.07) is 15.7. The molecular weight excluding hydrogens is 320 g/mol. The summed E-state index contributed by atoms with van der Waals surface area (Å²) in [6.45, 7) is 0.483. The van der Waals surface area contributed by atoms with Crippen molar-refractivity contribution in [2.45, 2.75) is 6.04 Å². The van der Waals surface area contributed by atoms with E-state index in [4.69, 9.17) is 0 Å². The standard InChI is InChI=1S/C18H16N4OS/c23-18(15-11-13-5-1-2-6-14(13)21-15)19-12-16(17-7-3-10-24-17)22-9-4-8-20-22/h1-11,16,21H,12H2,(H,19,23). The van der Waals surface area contributed by atoms with Gasteiger partial charge >= 0.3 is 0 Å². The number of nitrogens with one attached hydrogen (secondary N) is 2. The Balaban J connectivity index is 1.52. The zero-order chi connectivity index (χ0) is 16.4. The summed E-state index contributed by atoms with van der Waals surface area (Å²) >= 11 is 1.66. The number of carbonyl (C=O) groups is 1. The lowest BCUT2D eigenvalue weighted by molar-refractivity contribution is 0.0945. The van der Waals surface area contributed by atoms with Crippen molar-refractivity contribution in [3.8, 4) is 0 Å². The number of nitrogens with zero attached hydrogens (tertiary/aromatic N) is 2. The van der Waals surface area contributed by atoms with Crippen LogP contribution in [0.1, 0.15) is 21.4 Å². The van der Waals surface area contributed by atoms with Gasteiger partial charge in [-0.2, -0.15) is 5.10 Å². The summed E-state index contributed by atoms with van der Waals surface area (Å²) in [4.78, 5) is 16.8. The summed E-state index contributed by atoms with van der Waals surface area (Å²) in [7, 11) is 0. The van der Waals surface area contributed by atoms with Gasteiger partial charge in [-0.05, 0) is 29.6 Å². The Kier molecular flexibility index (Phi) is 3.88. The molecule has 3 heterocycles. The van der Waals surface area contributed by atoms with Gasteiger partial charge in [0.1, 0.15) is 11.7 Å². The molecule has 0 radical (unpaired) electrons. The highest BCUT2D eigenvalue weighted by atomic mass is 32.1. The molecule has 6 heteroatoms. The molecule has 1 atom stereocenters. The monoisotopic (exact) mass is 336 g/mol. The molecule has 2 N–H and O–H groups in total. The zero-order valence-electron chi connectivity index (χ0n) is 12.8. The van der Waals surface area contributed by atoms with Crippen molar-refractivity contribution < 1.29 is 4.79 Å². The molecule has 4 rings (SSSR count). The van der Waals surface area contributed by atoms with Crippen molar-refractivity contribution in [3.05, 3.63) is 76.9 Å². The van der Waals surface area contributed by atoms with Gasteiger partial charge in [-0.25, -0.2) is 0 Å². The summed E-state index contributed by atoms with van der Waals surface area (Å²) in [5.41, 5.74) is 1.53.